The topological polar surface area (TPSA) is 90.7 Å². The van der Waals surface area contributed by atoms with E-state index >= 15 is 0 Å². The lowest BCUT2D eigenvalue weighted by Crippen LogP contribution is -2.28. The van der Waals surface area contributed by atoms with Gasteiger partial charge in [-0.15, -0.1) is 0 Å². The molecule has 0 aliphatic carbocycles. The van der Waals surface area contributed by atoms with Gasteiger partial charge in [-0.1, -0.05) is 18.2 Å². The molecule has 7 heteroatoms. The molecule has 0 heterocycles. The first-order chi connectivity index (χ1) is 12.9. The molecule has 144 valence electrons. The van der Waals surface area contributed by atoms with Crippen LogP contribution in [-0.2, 0) is 11.2 Å². The van der Waals surface area contributed by atoms with E-state index in [9.17, 15) is 14.9 Å². The molecule has 0 bridgehead atoms. The number of carbonyl (C=O) groups is 1. The van der Waals surface area contributed by atoms with Gasteiger partial charge in [0.1, 0.15) is 0 Å². The lowest BCUT2D eigenvalue weighted by atomic mass is 10.1. The van der Waals surface area contributed by atoms with Gasteiger partial charge in [-0.2, -0.15) is 0 Å². The second kappa shape index (κ2) is 9.56. The lowest BCUT2D eigenvalue weighted by Gasteiger charge is -2.17. The van der Waals surface area contributed by atoms with Crippen LogP contribution < -0.4 is 14.8 Å². The molecule has 1 atom stereocenters. The summed E-state index contributed by atoms with van der Waals surface area (Å²) in [4.78, 5) is 22.5. The van der Waals surface area contributed by atoms with Gasteiger partial charge in [0.25, 0.3) is 5.69 Å². The van der Waals surface area contributed by atoms with E-state index in [-0.39, 0.29) is 24.1 Å². The van der Waals surface area contributed by atoms with Gasteiger partial charge in [-0.3, -0.25) is 14.9 Å². The molecular formula is C20H24N2O5. The molecule has 0 unspecified atom stereocenters. The summed E-state index contributed by atoms with van der Waals surface area (Å²) in [6.07, 6.45) is 0.150. The van der Waals surface area contributed by atoms with E-state index in [1.807, 2.05) is 39.0 Å². The Morgan fingerprint density at radius 1 is 1.07 bits per heavy atom. The molecule has 0 aliphatic rings. The van der Waals surface area contributed by atoms with Crippen LogP contribution in [0.2, 0.25) is 0 Å². The number of benzene rings is 2. The van der Waals surface area contributed by atoms with Crippen molar-refractivity contribution in [1.29, 1.82) is 0 Å². The Labute approximate surface area is 158 Å². The third kappa shape index (κ3) is 5.70. The minimum absolute atomic E-state index is 0.00497. The van der Waals surface area contributed by atoms with Crippen molar-refractivity contribution in [3.8, 4) is 11.5 Å². The standard InChI is InChI=1S/C20H24N2O5/c1-4-26-18-11-8-16(13-19(18)27-5-2)14(3)21-20(23)12-15-6-9-17(10-7-15)22(24)25/h6-11,13-14H,4-5,12H2,1-3H3,(H,21,23)/t14-/m0/s1. The summed E-state index contributed by atoms with van der Waals surface area (Å²) >= 11 is 0. The van der Waals surface area contributed by atoms with Gasteiger partial charge in [-0.05, 0) is 44.0 Å². The molecule has 0 saturated carbocycles. The first-order valence-electron chi connectivity index (χ1n) is 8.86. The van der Waals surface area contributed by atoms with Gasteiger partial charge in [0, 0.05) is 12.1 Å². The molecule has 27 heavy (non-hydrogen) atoms. The summed E-state index contributed by atoms with van der Waals surface area (Å²) in [5.74, 6) is 1.16. The number of hydrogen-bond acceptors (Lipinski definition) is 5. The highest BCUT2D eigenvalue weighted by atomic mass is 16.6. The predicted octanol–water partition coefficient (Wildman–Crippen LogP) is 3.81. The fourth-order valence-electron chi connectivity index (χ4n) is 2.63. The third-order valence-electron chi connectivity index (χ3n) is 3.96. The maximum atomic E-state index is 12.3. The number of nitrogens with zero attached hydrogens (tertiary/aromatic N) is 1. The molecule has 7 nitrogen and oxygen atoms in total. The summed E-state index contributed by atoms with van der Waals surface area (Å²) < 4.78 is 11.2. The Bertz CT molecular complexity index is 789. The summed E-state index contributed by atoms with van der Waals surface area (Å²) in [5.41, 5.74) is 1.62. The van der Waals surface area contributed by atoms with Crippen molar-refractivity contribution in [3.63, 3.8) is 0 Å². The van der Waals surface area contributed by atoms with Crippen LogP contribution >= 0.6 is 0 Å². The Hall–Kier alpha value is -3.09. The Morgan fingerprint density at radius 2 is 1.70 bits per heavy atom. The fraction of sp³-hybridized carbons (Fsp3) is 0.350. The molecule has 2 aromatic rings. The lowest BCUT2D eigenvalue weighted by molar-refractivity contribution is -0.384. The van der Waals surface area contributed by atoms with Gasteiger partial charge in [0.05, 0.1) is 30.6 Å². The highest BCUT2D eigenvalue weighted by Crippen LogP contribution is 2.30. The number of rotatable bonds is 9. The van der Waals surface area contributed by atoms with Crippen LogP contribution in [0.3, 0.4) is 0 Å². The van der Waals surface area contributed by atoms with E-state index in [2.05, 4.69) is 5.32 Å². The fourth-order valence-corrected chi connectivity index (χ4v) is 2.63. The van der Waals surface area contributed by atoms with Crippen molar-refractivity contribution in [1.82, 2.24) is 5.32 Å². The number of nitrogens with one attached hydrogen (secondary N) is 1. The molecular weight excluding hydrogens is 348 g/mol. The minimum Gasteiger partial charge on any atom is -0.490 e. The smallest absolute Gasteiger partial charge is 0.269 e. The molecule has 1 amide bonds. The molecule has 0 aliphatic heterocycles. The number of non-ortho nitro benzene ring substituents is 1. The van der Waals surface area contributed by atoms with Gasteiger partial charge in [-0.25, -0.2) is 0 Å². The van der Waals surface area contributed by atoms with E-state index < -0.39 is 4.92 Å². The van der Waals surface area contributed by atoms with E-state index in [1.54, 1.807) is 12.1 Å². The van der Waals surface area contributed by atoms with Crippen LogP contribution in [0, 0.1) is 10.1 Å². The first-order valence-corrected chi connectivity index (χ1v) is 8.86. The average Bonchev–Trinajstić information content (AvgIpc) is 2.63. The molecule has 0 radical (unpaired) electrons. The number of amides is 1. The molecule has 0 saturated heterocycles. The number of nitro groups is 1. The van der Waals surface area contributed by atoms with E-state index in [4.69, 9.17) is 9.47 Å². The number of hydrogen-bond donors (Lipinski definition) is 1. The van der Waals surface area contributed by atoms with Crippen molar-refractivity contribution in [3.05, 3.63) is 63.7 Å². The van der Waals surface area contributed by atoms with Crippen LogP contribution in [0.25, 0.3) is 0 Å². The molecule has 2 rings (SSSR count). The second-order valence-electron chi connectivity index (χ2n) is 5.96. The zero-order chi connectivity index (χ0) is 19.8. The van der Waals surface area contributed by atoms with E-state index in [0.29, 0.717) is 30.3 Å². The maximum absolute atomic E-state index is 12.3. The van der Waals surface area contributed by atoms with Crippen molar-refractivity contribution >= 4 is 11.6 Å². The zero-order valence-electron chi connectivity index (χ0n) is 15.7. The molecule has 1 N–H and O–H groups in total. The van der Waals surface area contributed by atoms with Gasteiger partial charge < -0.3 is 14.8 Å². The van der Waals surface area contributed by atoms with Crippen molar-refractivity contribution in [2.45, 2.75) is 33.2 Å². The van der Waals surface area contributed by atoms with Crippen molar-refractivity contribution in [2.24, 2.45) is 0 Å². The molecule has 2 aromatic carbocycles. The molecule has 0 aromatic heterocycles. The second-order valence-corrected chi connectivity index (χ2v) is 5.96. The van der Waals surface area contributed by atoms with Gasteiger partial charge in [0.15, 0.2) is 11.5 Å². The quantitative estimate of drug-likeness (QED) is 0.534. The Kier molecular flexibility index (Phi) is 7.16. The summed E-state index contributed by atoms with van der Waals surface area (Å²) in [5, 5.41) is 13.6. The normalized spacial score (nSPS) is 11.5. The highest BCUT2D eigenvalue weighted by Gasteiger charge is 2.14. The van der Waals surface area contributed by atoms with E-state index in [0.717, 1.165) is 5.56 Å². The SMILES string of the molecule is CCOc1ccc([C@H](C)NC(=O)Cc2ccc([N+](=O)[O-])cc2)cc1OCC. The summed E-state index contributed by atoms with van der Waals surface area (Å²) in [6.45, 7) is 6.76. The Balaban J connectivity index is 2.02. The summed E-state index contributed by atoms with van der Waals surface area (Å²) in [6, 6.07) is 11.3. The van der Waals surface area contributed by atoms with Crippen molar-refractivity contribution < 1.29 is 19.2 Å². The minimum atomic E-state index is -0.464. The average molecular weight is 372 g/mol. The first kappa shape index (κ1) is 20.2. The number of nitro benzene ring substituents is 1. The predicted molar refractivity (Wildman–Crippen MR) is 102 cm³/mol. The van der Waals surface area contributed by atoms with Gasteiger partial charge >= 0.3 is 0 Å². The number of carbonyl (C=O) groups excluding carboxylic acids is 1. The van der Waals surface area contributed by atoms with Crippen LogP contribution in [0.1, 0.15) is 37.9 Å². The van der Waals surface area contributed by atoms with Crippen LogP contribution in [0.4, 0.5) is 5.69 Å². The van der Waals surface area contributed by atoms with Crippen molar-refractivity contribution in [2.75, 3.05) is 13.2 Å². The van der Waals surface area contributed by atoms with Crippen LogP contribution in [0.5, 0.6) is 11.5 Å². The highest BCUT2D eigenvalue weighted by molar-refractivity contribution is 5.79. The van der Waals surface area contributed by atoms with Crippen LogP contribution in [-0.4, -0.2) is 24.0 Å². The van der Waals surface area contributed by atoms with Crippen LogP contribution in [0.15, 0.2) is 42.5 Å². The monoisotopic (exact) mass is 372 g/mol. The number of ether oxygens (including phenoxy) is 2. The molecule has 0 fully saturated rings. The van der Waals surface area contributed by atoms with E-state index in [1.165, 1.54) is 12.1 Å². The summed E-state index contributed by atoms with van der Waals surface area (Å²) in [7, 11) is 0. The van der Waals surface area contributed by atoms with Gasteiger partial charge in [0.2, 0.25) is 5.91 Å². The zero-order valence-corrected chi connectivity index (χ0v) is 15.7. The maximum Gasteiger partial charge on any atom is 0.269 e. The molecule has 0 spiro atoms. The largest absolute Gasteiger partial charge is 0.490 e. The third-order valence-corrected chi connectivity index (χ3v) is 3.96. The Morgan fingerprint density at radius 3 is 2.30 bits per heavy atom.